The minimum absolute atomic E-state index is 0.531. The fraction of sp³-hybridized carbons (Fsp3) is 0.278. The maximum absolute atomic E-state index is 12.2. The molecule has 0 aliphatic heterocycles. The van der Waals surface area contributed by atoms with Gasteiger partial charge in [-0.05, 0) is 38.2 Å². The fourth-order valence-corrected chi connectivity index (χ4v) is 2.65. The van der Waals surface area contributed by atoms with E-state index in [9.17, 15) is 9.90 Å². The molecule has 3 heteroatoms. The van der Waals surface area contributed by atoms with E-state index < -0.39 is 11.4 Å². The van der Waals surface area contributed by atoms with Gasteiger partial charge in [0.25, 0.3) is 0 Å². The van der Waals surface area contributed by atoms with Crippen LogP contribution in [0, 0.1) is 0 Å². The van der Waals surface area contributed by atoms with Crippen LogP contribution in [0.3, 0.4) is 0 Å². The topological polar surface area (TPSA) is 40.5 Å². The summed E-state index contributed by atoms with van der Waals surface area (Å²) in [6.07, 6.45) is 0.531. The zero-order valence-corrected chi connectivity index (χ0v) is 12.5. The van der Waals surface area contributed by atoms with Gasteiger partial charge in [0.05, 0.1) is 0 Å². The first-order valence-corrected chi connectivity index (χ1v) is 7.06. The second-order valence-corrected chi connectivity index (χ2v) is 5.50. The van der Waals surface area contributed by atoms with Gasteiger partial charge in [0.2, 0.25) is 0 Å². The summed E-state index contributed by atoms with van der Waals surface area (Å²) in [6, 6.07) is 19.0. The predicted molar refractivity (Wildman–Crippen MR) is 84.5 cm³/mol. The lowest BCUT2D eigenvalue weighted by atomic mass is 9.72. The first-order chi connectivity index (χ1) is 10.1. The van der Waals surface area contributed by atoms with Crippen LogP contribution in [-0.4, -0.2) is 36.6 Å². The van der Waals surface area contributed by atoms with Crippen LogP contribution in [0.5, 0.6) is 0 Å². The van der Waals surface area contributed by atoms with Crippen molar-refractivity contribution in [2.75, 3.05) is 20.6 Å². The number of carboxylic acids is 1. The number of carboxylic acid groups (broad SMARTS) is 1. The average Bonchev–Trinajstić information content (AvgIpc) is 2.49. The fourth-order valence-electron chi connectivity index (χ4n) is 2.65. The first kappa shape index (κ1) is 15.3. The van der Waals surface area contributed by atoms with Gasteiger partial charge in [0, 0.05) is 0 Å². The molecule has 3 nitrogen and oxygen atoms in total. The Balaban J connectivity index is 2.58. The van der Waals surface area contributed by atoms with Gasteiger partial charge in [-0.15, -0.1) is 0 Å². The van der Waals surface area contributed by atoms with E-state index in [1.165, 1.54) is 0 Å². The van der Waals surface area contributed by atoms with E-state index >= 15 is 0 Å². The Kier molecular flexibility index (Phi) is 4.76. The number of rotatable bonds is 6. The minimum atomic E-state index is -1.01. The molecule has 110 valence electrons. The van der Waals surface area contributed by atoms with Crippen molar-refractivity contribution in [3.63, 3.8) is 0 Å². The van der Waals surface area contributed by atoms with E-state index in [0.717, 1.165) is 11.1 Å². The third kappa shape index (κ3) is 3.14. The van der Waals surface area contributed by atoms with Gasteiger partial charge in [-0.2, -0.15) is 0 Å². The number of aliphatic carboxylic acids is 1. The van der Waals surface area contributed by atoms with Crippen molar-refractivity contribution in [3.05, 3.63) is 71.8 Å². The van der Waals surface area contributed by atoms with Crippen LogP contribution in [0.2, 0.25) is 0 Å². The summed E-state index contributed by atoms with van der Waals surface area (Å²) in [7, 11) is 3.92. The highest BCUT2D eigenvalue weighted by Gasteiger charge is 2.41. The molecule has 0 bridgehead atoms. The van der Waals surface area contributed by atoms with Crippen LogP contribution >= 0.6 is 0 Å². The predicted octanol–water partition coefficient (Wildman–Crippen LogP) is 3.01. The van der Waals surface area contributed by atoms with E-state index in [0.29, 0.717) is 13.0 Å². The van der Waals surface area contributed by atoms with Gasteiger partial charge in [-0.3, -0.25) is 4.79 Å². The highest BCUT2D eigenvalue weighted by Crippen LogP contribution is 2.36. The molecular weight excluding hydrogens is 262 g/mol. The van der Waals surface area contributed by atoms with Gasteiger partial charge in [0.1, 0.15) is 5.41 Å². The van der Waals surface area contributed by atoms with E-state index in [4.69, 9.17) is 0 Å². The molecule has 0 aliphatic rings. The summed E-state index contributed by atoms with van der Waals surface area (Å²) in [4.78, 5) is 14.2. The maximum atomic E-state index is 12.2. The molecule has 0 unspecified atom stereocenters. The van der Waals surface area contributed by atoms with Crippen LogP contribution in [0.25, 0.3) is 0 Å². The van der Waals surface area contributed by atoms with Gasteiger partial charge in [0.15, 0.2) is 0 Å². The second kappa shape index (κ2) is 6.55. The van der Waals surface area contributed by atoms with Crippen molar-refractivity contribution in [2.24, 2.45) is 0 Å². The molecule has 0 radical (unpaired) electrons. The average molecular weight is 283 g/mol. The van der Waals surface area contributed by atoms with Crippen molar-refractivity contribution in [2.45, 2.75) is 11.8 Å². The van der Waals surface area contributed by atoms with Crippen molar-refractivity contribution in [1.29, 1.82) is 0 Å². The number of benzene rings is 2. The van der Waals surface area contributed by atoms with Crippen LogP contribution in [-0.2, 0) is 10.2 Å². The Morgan fingerprint density at radius 3 is 1.71 bits per heavy atom. The Bertz CT molecular complexity index is 539. The van der Waals surface area contributed by atoms with Gasteiger partial charge >= 0.3 is 5.97 Å². The van der Waals surface area contributed by atoms with Crippen molar-refractivity contribution in [1.82, 2.24) is 4.90 Å². The molecule has 0 spiro atoms. The van der Waals surface area contributed by atoms with Crippen molar-refractivity contribution >= 4 is 5.97 Å². The smallest absolute Gasteiger partial charge is 0.318 e. The summed E-state index contributed by atoms with van der Waals surface area (Å²) in [5, 5.41) is 10.0. The Hall–Kier alpha value is -2.13. The zero-order chi connectivity index (χ0) is 15.3. The van der Waals surface area contributed by atoms with E-state index in [-0.39, 0.29) is 0 Å². The molecule has 0 fully saturated rings. The van der Waals surface area contributed by atoms with Crippen LogP contribution in [0.4, 0.5) is 0 Å². The molecule has 0 saturated carbocycles. The van der Waals surface area contributed by atoms with E-state index in [1.807, 2.05) is 79.7 Å². The van der Waals surface area contributed by atoms with E-state index in [1.54, 1.807) is 0 Å². The number of nitrogens with zero attached hydrogens (tertiary/aromatic N) is 1. The molecule has 2 aromatic carbocycles. The Morgan fingerprint density at radius 1 is 0.952 bits per heavy atom. The number of hydrogen-bond donors (Lipinski definition) is 1. The minimum Gasteiger partial charge on any atom is -0.480 e. The lowest BCUT2D eigenvalue weighted by Crippen LogP contribution is -2.39. The summed E-state index contributed by atoms with van der Waals surface area (Å²) in [5.41, 5.74) is 0.642. The van der Waals surface area contributed by atoms with Crippen molar-refractivity contribution in [3.8, 4) is 0 Å². The lowest BCUT2D eigenvalue weighted by molar-refractivity contribution is -0.142. The summed E-state index contributed by atoms with van der Waals surface area (Å²) in [5.74, 6) is -0.804. The molecule has 0 aliphatic carbocycles. The third-order valence-corrected chi connectivity index (χ3v) is 3.83. The zero-order valence-electron chi connectivity index (χ0n) is 12.5. The SMILES string of the molecule is CN(C)CCC(C(=O)O)(c1ccccc1)c1ccccc1. The molecule has 0 saturated heterocycles. The molecule has 2 aromatic rings. The second-order valence-electron chi connectivity index (χ2n) is 5.50. The normalized spacial score (nSPS) is 11.6. The number of carbonyl (C=O) groups is 1. The van der Waals surface area contributed by atoms with Gasteiger partial charge < -0.3 is 10.0 Å². The molecular formula is C18H21NO2. The van der Waals surface area contributed by atoms with Crippen LogP contribution < -0.4 is 0 Å². The summed E-state index contributed by atoms with van der Waals surface area (Å²) in [6.45, 7) is 0.704. The largest absolute Gasteiger partial charge is 0.480 e. The van der Waals surface area contributed by atoms with Crippen molar-refractivity contribution < 1.29 is 9.90 Å². The highest BCUT2D eigenvalue weighted by atomic mass is 16.4. The van der Waals surface area contributed by atoms with Gasteiger partial charge in [-0.1, -0.05) is 60.7 Å². The van der Waals surface area contributed by atoms with Crippen LogP contribution in [0.1, 0.15) is 17.5 Å². The van der Waals surface area contributed by atoms with Crippen LogP contribution in [0.15, 0.2) is 60.7 Å². The highest BCUT2D eigenvalue weighted by molar-refractivity contribution is 5.86. The summed E-state index contributed by atoms with van der Waals surface area (Å²) < 4.78 is 0. The quantitative estimate of drug-likeness (QED) is 0.886. The molecule has 0 atom stereocenters. The van der Waals surface area contributed by atoms with E-state index in [2.05, 4.69) is 0 Å². The third-order valence-electron chi connectivity index (χ3n) is 3.83. The monoisotopic (exact) mass is 283 g/mol. The molecule has 1 N–H and O–H groups in total. The Morgan fingerprint density at radius 2 is 1.38 bits per heavy atom. The van der Waals surface area contributed by atoms with Gasteiger partial charge in [-0.25, -0.2) is 0 Å². The summed E-state index contributed by atoms with van der Waals surface area (Å²) >= 11 is 0. The molecule has 0 amide bonds. The molecule has 0 heterocycles. The lowest BCUT2D eigenvalue weighted by Gasteiger charge is -2.32. The standard InChI is InChI=1S/C18H21NO2/c1-19(2)14-13-18(17(20)21,15-9-5-3-6-10-15)16-11-7-4-8-12-16/h3-12H,13-14H2,1-2H3,(H,20,21). The molecule has 21 heavy (non-hydrogen) atoms. The molecule has 0 aromatic heterocycles. The molecule has 2 rings (SSSR count). The first-order valence-electron chi connectivity index (χ1n) is 7.06. The maximum Gasteiger partial charge on any atom is 0.318 e. The number of hydrogen-bond acceptors (Lipinski definition) is 2. The Labute approximate surface area is 125 Å².